The lowest BCUT2D eigenvalue weighted by molar-refractivity contribution is -0.136. The molecule has 5 heteroatoms. The van der Waals surface area contributed by atoms with E-state index in [-0.39, 0.29) is 12.1 Å². The lowest BCUT2D eigenvalue weighted by Crippen LogP contribution is -2.07. The predicted molar refractivity (Wildman–Crippen MR) is 58.7 cm³/mol. The summed E-state index contributed by atoms with van der Waals surface area (Å²) in [7, 11) is 1.58. The molecule has 0 aliphatic heterocycles. The second-order valence-electron chi connectivity index (χ2n) is 3.94. The molecule has 1 aromatic carbocycles. The molecule has 0 bridgehead atoms. The molecule has 92 valence electrons. The Morgan fingerprint density at radius 2 is 2.00 bits per heavy atom. The minimum atomic E-state index is -4.36. The molecule has 1 heterocycles. The number of alkyl halides is 3. The Kier molecular flexibility index (Phi) is 2.87. The highest BCUT2D eigenvalue weighted by atomic mass is 19.4. The van der Waals surface area contributed by atoms with E-state index >= 15 is 0 Å². The summed E-state index contributed by atoms with van der Waals surface area (Å²) >= 11 is 0. The number of aliphatic hydroxyl groups is 1. The fourth-order valence-electron chi connectivity index (χ4n) is 2.10. The fraction of sp³-hybridized carbons (Fsp3) is 0.333. The number of rotatable bonds is 2. The van der Waals surface area contributed by atoms with Gasteiger partial charge in [0, 0.05) is 25.2 Å². The average Bonchev–Trinajstić information content (AvgIpc) is 2.55. The first kappa shape index (κ1) is 12.0. The molecular weight excluding hydrogens is 231 g/mol. The van der Waals surface area contributed by atoms with Gasteiger partial charge >= 0.3 is 6.18 Å². The zero-order valence-electron chi connectivity index (χ0n) is 9.25. The van der Waals surface area contributed by atoms with Crippen LogP contribution in [0.15, 0.2) is 24.4 Å². The van der Waals surface area contributed by atoms with E-state index in [0.29, 0.717) is 11.8 Å². The average molecular weight is 243 g/mol. The van der Waals surface area contributed by atoms with Crippen molar-refractivity contribution in [1.82, 2.24) is 4.57 Å². The van der Waals surface area contributed by atoms with Gasteiger partial charge in [-0.25, -0.2) is 0 Å². The van der Waals surface area contributed by atoms with Crippen molar-refractivity contribution in [3.8, 4) is 0 Å². The van der Waals surface area contributed by atoms with E-state index in [1.165, 1.54) is 10.6 Å². The summed E-state index contributed by atoms with van der Waals surface area (Å²) < 4.78 is 40.0. The number of benzene rings is 1. The van der Waals surface area contributed by atoms with Gasteiger partial charge in [0.15, 0.2) is 0 Å². The molecule has 0 fully saturated rings. The third kappa shape index (κ3) is 2.02. The van der Waals surface area contributed by atoms with Gasteiger partial charge in [0.25, 0.3) is 0 Å². The lowest BCUT2D eigenvalue weighted by atomic mass is 10.1. The molecule has 0 atom stereocenters. The molecule has 0 spiro atoms. The molecule has 17 heavy (non-hydrogen) atoms. The van der Waals surface area contributed by atoms with Gasteiger partial charge < -0.3 is 9.67 Å². The lowest BCUT2D eigenvalue weighted by Gasteiger charge is -2.09. The first-order valence-corrected chi connectivity index (χ1v) is 5.20. The predicted octanol–water partition coefficient (Wildman–Crippen LogP) is 2.73. The fourth-order valence-corrected chi connectivity index (χ4v) is 2.10. The molecule has 2 rings (SSSR count). The van der Waals surface area contributed by atoms with E-state index < -0.39 is 11.7 Å². The number of hydrogen-bond donors (Lipinski definition) is 1. The van der Waals surface area contributed by atoms with Crippen molar-refractivity contribution in [2.75, 3.05) is 6.61 Å². The number of aromatic nitrogens is 1. The summed E-state index contributed by atoms with van der Waals surface area (Å²) in [6, 6.07) is 4.12. The Balaban J connectivity index is 2.73. The van der Waals surface area contributed by atoms with Crippen molar-refractivity contribution in [2.24, 2.45) is 7.05 Å². The molecule has 2 aromatic rings. The molecule has 0 saturated heterocycles. The van der Waals surface area contributed by atoms with Gasteiger partial charge in [-0.1, -0.05) is 12.1 Å². The zero-order chi connectivity index (χ0) is 12.6. The molecule has 0 saturated carbocycles. The molecule has 0 unspecified atom stereocenters. The van der Waals surface area contributed by atoms with Crippen molar-refractivity contribution >= 4 is 10.9 Å². The summed E-state index contributed by atoms with van der Waals surface area (Å²) in [6.07, 6.45) is -2.36. The number of nitrogens with zero attached hydrogens (tertiary/aromatic N) is 1. The highest BCUT2D eigenvalue weighted by Gasteiger charge is 2.33. The van der Waals surface area contributed by atoms with Crippen LogP contribution in [0.25, 0.3) is 10.9 Å². The van der Waals surface area contributed by atoms with Gasteiger partial charge in [0.05, 0.1) is 11.1 Å². The second-order valence-corrected chi connectivity index (χ2v) is 3.94. The Morgan fingerprint density at radius 1 is 1.29 bits per heavy atom. The van der Waals surface area contributed by atoms with Gasteiger partial charge in [-0.3, -0.25) is 0 Å². The Morgan fingerprint density at radius 3 is 2.59 bits per heavy atom. The first-order chi connectivity index (χ1) is 7.95. The van der Waals surface area contributed by atoms with Crippen molar-refractivity contribution in [3.63, 3.8) is 0 Å². The summed E-state index contributed by atoms with van der Waals surface area (Å²) in [4.78, 5) is 0. The third-order valence-electron chi connectivity index (χ3n) is 2.77. The van der Waals surface area contributed by atoms with E-state index in [0.717, 1.165) is 11.6 Å². The number of aliphatic hydroxyl groups excluding tert-OH is 1. The van der Waals surface area contributed by atoms with Crippen LogP contribution in [-0.2, 0) is 19.6 Å². The molecular formula is C12H12F3NO. The maximum atomic E-state index is 12.8. The molecule has 1 aromatic heterocycles. The van der Waals surface area contributed by atoms with Gasteiger partial charge in [-0.2, -0.15) is 13.2 Å². The van der Waals surface area contributed by atoms with Gasteiger partial charge in [0.2, 0.25) is 0 Å². The van der Waals surface area contributed by atoms with Crippen molar-refractivity contribution < 1.29 is 18.3 Å². The molecule has 1 N–H and O–H groups in total. The second kappa shape index (κ2) is 4.07. The third-order valence-corrected chi connectivity index (χ3v) is 2.77. The Hall–Kier alpha value is -1.49. The quantitative estimate of drug-likeness (QED) is 0.862. The van der Waals surface area contributed by atoms with E-state index in [2.05, 4.69) is 0 Å². The summed E-state index contributed by atoms with van der Waals surface area (Å²) in [6.45, 7) is -0.0740. The summed E-state index contributed by atoms with van der Waals surface area (Å²) in [5.41, 5.74) is 0.265. The van der Waals surface area contributed by atoms with Crippen molar-refractivity contribution in [3.05, 3.63) is 35.5 Å². The van der Waals surface area contributed by atoms with E-state index in [1.807, 2.05) is 0 Å². The van der Waals surface area contributed by atoms with Crippen molar-refractivity contribution in [1.29, 1.82) is 0 Å². The SMILES string of the molecule is Cn1cc(CCO)c2cccc(C(F)(F)F)c21. The van der Waals surface area contributed by atoms with Crippen LogP contribution in [-0.4, -0.2) is 16.3 Å². The molecule has 0 amide bonds. The van der Waals surface area contributed by atoms with Crippen LogP contribution in [0.3, 0.4) is 0 Å². The standard InChI is InChI=1S/C12H12F3NO/c1-16-7-8(5-6-17)9-3-2-4-10(11(9)16)12(13,14)15/h2-4,7,17H,5-6H2,1H3. The molecule has 0 aliphatic rings. The molecule has 0 aliphatic carbocycles. The maximum absolute atomic E-state index is 12.8. The minimum absolute atomic E-state index is 0.0740. The zero-order valence-corrected chi connectivity index (χ0v) is 9.25. The van der Waals surface area contributed by atoms with Gasteiger partial charge in [0.1, 0.15) is 0 Å². The Bertz CT molecular complexity index is 542. The topological polar surface area (TPSA) is 25.2 Å². The van der Waals surface area contributed by atoms with Crippen molar-refractivity contribution in [2.45, 2.75) is 12.6 Å². The Labute approximate surface area is 96.3 Å². The van der Waals surface area contributed by atoms with Crippen LogP contribution in [0.5, 0.6) is 0 Å². The number of aryl methyl sites for hydroxylation is 1. The summed E-state index contributed by atoms with van der Waals surface area (Å²) in [5, 5.41) is 9.44. The first-order valence-electron chi connectivity index (χ1n) is 5.20. The van der Waals surface area contributed by atoms with Crippen LogP contribution in [0.4, 0.5) is 13.2 Å². The molecule has 2 nitrogen and oxygen atoms in total. The van der Waals surface area contributed by atoms with E-state index in [1.54, 1.807) is 19.3 Å². The minimum Gasteiger partial charge on any atom is -0.396 e. The molecule has 0 radical (unpaired) electrons. The largest absolute Gasteiger partial charge is 0.418 e. The number of fused-ring (bicyclic) bond motifs is 1. The number of halogens is 3. The van der Waals surface area contributed by atoms with Crippen LogP contribution in [0, 0.1) is 0 Å². The number of hydrogen-bond acceptors (Lipinski definition) is 1. The van der Waals surface area contributed by atoms with Crippen LogP contribution in [0.2, 0.25) is 0 Å². The van der Waals surface area contributed by atoms with Crippen LogP contribution < -0.4 is 0 Å². The summed E-state index contributed by atoms with van der Waals surface area (Å²) in [5.74, 6) is 0. The highest BCUT2D eigenvalue weighted by molar-refractivity contribution is 5.87. The van der Waals surface area contributed by atoms with Gasteiger partial charge in [-0.05, 0) is 18.1 Å². The van der Waals surface area contributed by atoms with E-state index in [4.69, 9.17) is 5.11 Å². The normalized spacial score (nSPS) is 12.3. The maximum Gasteiger partial charge on any atom is 0.418 e. The van der Waals surface area contributed by atoms with Gasteiger partial charge in [-0.15, -0.1) is 0 Å². The van der Waals surface area contributed by atoms with Crippen LogP contribution in [0.1, 0.15) is 11.1 Å². The number of para-hydroxylation sites is 1. The van der Waals surface area contributed by atoms with Crippen LogP contribution >= 0.6 is 0 Å². The highest BCUT2D eigenvalue weighted by Crippen LogP contribution is 2.36. The van der Waals surface area contributed by atoms with E-state index in [9.17, 15) is 13.2 Å². The smallest absolute Gasteiger partial charge is 0.396 e. The monoisotopic (exact) mass is 243 g/mol.